The summed E-state index contributed by atoms with van der Waals surface area (Å²) < 4.78 is 5.58. The Kier molecular flexibility index (Phi) is 1.95. The maximum absolute atomic E-state index is 12.5. The second-order valence-corrected chi connectivity index (χ2v) is 5.07. The van der Waals surface area contributed by atoms with Crippen LogP contribution in [0, 0.1) is 11.8 Å². The Hall–Kier alpha value is -2.14. The quantitative estimate of drug-likeness (QED) is 0.456. The molecule has 2 fully saturated rings. The minimum atomic E-state index is -0.387. The lowest BCUT2D eigenvalue weighted by Crippen LogP contribution is -2.34. The molecule has 19 heavy (non-hydrogen) atoms. The summed E-state index contributed by atoms with van der Waals surface area (Å²) in [6.45, 7) is 0. The van der Waals surface area contributed by atoms with Gasteiger partial charge in [-0.3, -0.25) is 9.59 Å². The van der Waals surface area contributed by atoms with Gasteiger partial charge in [0, 0.05) is 0 Å². The number of nitrogens with two attached hydrogens (primary N) is 1. The van der Waals surface area contributed by atoms with E-state index in [0.717, 1.165) is 0 Å². The number of rotatable bonds is 1. The fourth-order valence-corrected chi connectivity index (χ4v) is 3.23. The minimum Gasteiger partial charge on any atom is -0.397 e. The first-order chi connectivity index (χ1) is 9.18. The SMILES string of the molecule is Nc1ccccc1N1C(=O)[C@@H]2[C@H](C1=O)[C@H]1C=C[C@@H]2O1. The van der Waals surface area contributed by atoms with Crippen molar-refractivity contribution in [3.05, 3.63) is 36.4 Å². The molecule has 2 N–H and O–H groups in total. The van der Waals surface area contributed by atoms with E-state index in [1.54, 1.807) is 24.3 Å². The fourth-order valence-electron chi connectivity index (χ4n) is 3.23. The van der Waals surface area contributed by atoms with Crippen LogP contribution in [0.4, 0.5) is 11.4 Å². The van der Waals surface area contributed by atoms with E-state index in [0.29, 0.717) is 11.4 Å². The highest BCUT2D eigenvalue weighted by atomic mass is 16.5. The van der Waals surface area contributed by atoms with Crippen LogP contribution in [0.15, 0.2) is 36.4 Å². The molecule has 2 saturated heterocycles. The Balaban J connectivity index is 1.79. The topological polar surface area (TPSA) is 72.6 Å². The number of carbonyl (C=O) groups excluding carboxylic acids is 2. The third-order valence-electron chi connectivity index (χ3n) is 4.09. The summed E-state index contributed by atoms with van der Waals surface area (Å²) in [6, 6.07) is 6.93. The molecule has 0 spiro atoms. The van der Waals surface area contributed by atoms with Gasteiger partial charge in [0.25, 0.3) is 0 Å². The van der Waals surface area contributed by atoms with Crippen molar-refractivity contribution in [2.45, 2.75) is 12.2 Å². The van der Waals surface area contributed by atoms with E-state index in [-0.39, 0.29) is 35.9 Å². The number of anilines is 2. The maximum Gasteiger partial charge on any atom is 0.240 e. The minimum absolute atomic E-state index is 0.204. The van der Waals surface area contributed by atoms with Crippen LogP contribution in [-0.4, -0.2) is 24.0 Å². The lowest BCUT2D eigenvalue weighted by atomic mass is 9.85. The van der Waals surface area contributed by atoms with Crippen LogP contribution in [-0.2, 0) is 14.3 Å². The Morgan fingerprint density at radius 1 is 1.00 bits per heavy atom. The molecule has 4 atom stereocenters. The highest BCUT2D eigenvalue weighted by Gasteiger charge is 2.61. The van der Waals surface area contributed by atoms with Gasteiger partial charge in [-0.2, -0.15) is 0 Å². The number of ether oxygens (including phenoxy) is 1. The zero-order valence-corrected chi connectivity index (χ0v) is 10.0. The summed E-state index contributed by atoms with van der Waals surface area (Å²) in [7, 11) is 0. The van der Waals surface area contributed by atoms with Crippen LogP contribution in [0.3, 0.4) is 0 Å². The molecule has 96 valence electrons. The summed E-state index contributed by atoms with van der Waals surface area (Å²) in [5.41, 5.74) is 6.78. The fraction of sp³-hybridized carbons (Fsp3) is 0.286. The predicted molar refractivity (Wildman–Crippen MR) is 68.1 cm³/mol. The van der Waals surface area contributed by atoms with E-state index in [4.69, 9.17) is 10.5 Å². The number of para-hydroxylation sites is 2. The number of carbonyl (C=O) groups is 2. The molecule has 0 radical (unpaired) electrons. The van der Waals surface area contributed by atoms with Crippen molar-refractivity contribution in [3.8, 4) is 0 Å². The molecule has 1 aromatic rings. The zero-order chi connectivity index (χ0) is 13.1. The molecule has 3 aliphatic heterocycles. The zero-order valence-electron chi connectivity index (χ0n) is 10.0. The molecule has 0 aliphatic carbocycles. The largest absolute Gasteiger partial charge is 0.397 e. The van der Waals surface area contributed by atoms with Gasteiger partial charge in [0.05, 0.1) is 35.4 Å². The molecular formula is C14H12N2O3. The number of imide groups is 1. The van der Waals surface area contributed by atoms with E-state index < -0.39 is 0 Å². The lowest BCUT2D eigenvalue weighted by Gasteiger charge is -2.19. The molecule has 2 amide bonds. The van der Waals surface area contributed by atoms with Crippen LogP contribution < -0.4 is 10.6 Å². The molecule has 2 bridgehead atoms. The third-order valence-corrected chi connectivity index (χ3v) is 4.09. The Morgan fingerprint density at radius 3 is 2.16 bits per heavy atom. The van der Waals surface area contributed by atoms with Gasteiger partial charge in [-0.25, -0.2) is 4.90 Å². The normalized spacial score (nSPS) is 35.3. The number of fused-ring (bicyclic) bond motifs is 5. The molecule has 0 unspecified atom stereocenters. The van der Waals surface area contributed by atoms with Crippen molar-refractivity contribution < 1.29 is 14.3 Å². The van der Waals surface area contributed by atoms with Gasteiger partial charge in [0.1, 0.15) is 0 Å². The summed E-state index contributed by atoms with van der Waals surface area (Å²) in [5, 5.41) is 0. The van der Waals surface area contributed by atoms with E-state index in [2.05, 4.69) is 0 Å². The molecule has 5 nitrogen and oxygen atoms in total. The second-order valence-electron chi connectivity index (χ2n) is 5.07. The van der Waals surface area contributed by atoms with Crippen molar-refractivity contribution in [2.24, 2.45) is 11.8 Å². The number of benzene rings is 1. The van der Waals surface area contributed by atoms with Gasteiger partial charge in [-0.1, -0.05) is 24.3 Å². The summed E-state index contributed by atoms with van der Waals surface area (Å²) in [4.78, 5) is 26.2. The molecule has 3 aliphatic rings. The van der Waals surface area contributed by atoms with Crippen LogP contribution in [0.2, 0.25) is 0 Å². The van der Waals surface area contributed by atoms with E-state index in [1.807, 2.05) is 12.2 Å². The number of hydrogen-bond acceptors (Lipinski definition) is 4. The number of nitrogens with zero attached hydrogens (tertiary/aromatic N) is 1. The smallest absolute Gasteiger partial charge is 0.240 e. The molecule has 0 aromatic heterocycles. The summed E-state index contributed by atoms with van der Waals surface area (Å²) in [5.74, 6) is -1.18. The molecular weight excluding hydrogens is 244 g/mol. The van der Waals surface area contributed by atoms with Crippen LogP contribution in [0.5, 0.6) is 0 Å². The summed E-state index contributed by atoms with van der Waals surface area (Å²) >= 11 is 0. The average molecular weight is 256 g/mol. The van der Waals surface area contributed by atoms with Gasteiger partial charge in [0.15, 0.2) is 0 Å². The Bertz CT molecular complexity index is 595. The van der Waals surface area contributed by atoms with Crippen LogP contribution >= 0.6 is 0 Å². The number of hydrogen-bond donors (Lipinski definition) is 1. The lowest BCUT2D eigenvalue weighted by molar-refractivity contribution is -0.124. The molecule has 3 heterocycles. The third kappa shape index (κ3) is 1.23. The molecule has 5 heteroatoms. The highest BCUT2D eigenvalue weighted by molar-refractivity contribution is 6.24. The van der Waals surface area contributed by atoms with Gasteiger partial charge in [-0.05, 0) is 12.1 Å². The van der Waals surface area contributed by atoms with Gasteiger partial charge >= 0.3 is 0 Å². The monoisotopic (exact) mass is 256 g/mol. The Labute approximate surface area is 109 Å². The summed E-state index contributed by atoms with van der Waals surface area (Å²) in [6.07, 6.45) is 3.21. The molecule has 4 rings (SSSR count). The van der Waals surface area contributed by atoms with Gasteiger partial charge in [0.2, 0.25) is 11.8 Å². The van der Waals surface area contributed by atoms with E-state index in [9.17, 15) is 9.59 Å². The highest BCUT2D eigenvalue weighted by Crippen LogP contribution is 2.46. The first-order valence-electron chi connectivity index (χ1n) is 6.24. The predicted octanol–water partition coefficient (Wildman–Crippen LogP) is 0.712. The molecule has 0 saturated carbocycles. The van der Waals surface area contributed by atoms with Gasteiger partial charge < -0.3 is 10.5 Å². The maximum atomic E-state index is 12.5. The van der Waals surface area contributed by atoms with Gasteiger partial charge in [-0.15, -0.1) is 0 Å². The van der Waals surface area contributed by atoms with Crippen molar-refractivity contribution >= 4 is 23.2 Å². The van der Waals surface area contributed by atoms with Crippen LogP contribution in [0.25, 0.3) is 0 Å². The van der Waals surface area contributed by atoms with Crippen LogP contribution in [0.1, 0.15) is 0 Å². The second kappa shape index (κ2) is 3.45. The van der Waals surface area contributed by atoms with Crippen molar-refractivity contribution in [1.29, 1.82) is 0 Å². The number of nitrogen functional groups attached to an aromatic ring is 1. The van der Waals surface area contributed by atoms with Crippen molar-refractivity contribution in [3.63, 3.8) is 0 Å². The van der Waals surface area contributed by atoms with Crippen molar-refractivity contribution in [2.75, 3.05) is 10.6 Å². The Morgan fingerprint density at radius 2 is 1.58 bits per heavy atom. The first-order valence-corrected chi connectivity index (χ1v) is 6.24. The molecule has 1 aromatic carbocycles. The average Bonchev–Trinajstić information content (AvgIpc) is 3.06. The number of amides is 2. The first kappa shape index (κ1) is 10.8. The van der Waals surface area contributed by atoms with E-state index >= 15 is 0 Å². The standard InChI is InChI=1S/C14H12N2O3/c15-7-3-1-2-4-8(7)16-13(17)11-9-5-6-10(19-9)12(11)14(16)18/h1-6,9-12H,15H2/t9-,10+,11-,12+. The van der Waals surface area contributed by atoms with E-state index in [1.165, 1.54) is 4.90 Å². The van der Waals surface area contributed by atoms with Crippen molar-refractivity contribution in [1.82, 2.24) is 0 Å².